The van der Waals surface area contributed by atoms with Crippen molar-refractivity contribution >= 4 is 5.69 Å². The van der Waals surface area contributed by atoms with E-state index in [4.69, 9.17) is 4.74 Å². The van der Waals surface area contributed by atoms with E-state index >= 15 is 0 Å². The lowest BCUT2D eigenvalue weighted by Crippen LogP contribution is -2.28. The van der Waals surface area contributed by atoms with Gasteiger partial charge in [0.2, 0.25) is 0 Å². The zero-order valence-electron chi connectivity index (χ0n) is 9.05. The lowest BCUT2D eigenvalue weighted by atomic mass is 9.78. The Labute approximate surface area is 85.3 Å². The molecule has 0 fully saturated rings. The molecule has 1 aromatic carbocycles. The molecule has 76 valence electrons. The fourth-order valence-corrected chi connectivity index (χ4v) is 2.18. The van der Waals surface area contributed by atoms with Crippen LogP contribution in [0.2, 0.25) is 0 Å². The van der Waals surface area contributed by atoms with Crippen LogP contribution in [0, 0.1) is 0 Å². The van der Waals surface area contributed by atoms with Crippen molar-refractivity contribution in [3.8, 4) is 5.75 Å². The van der Waals surface area contributed by atoms with Crippen molar-refractivity contribution in [3.05, 3.63) is 23.8 Å². The normalized spacial score (nSPS) is 18.2. The van der Waals surface area contributed by atoms with Crippen LogP contribution in [0.1, 0.15) is 25.8 Å². The fraction of sp³-hybridized carbons (Fsp3) is 0.500. The number of nitrogens with one attached hydrogen (secondary N) is 1. The summed E-state index contributed by atoms with van der Waals surface area (Å²) in [6.45, 7) is 5.59. The minimum atomic E-state index is 0.215. The molecule has 0 aliphatic carbocycles. The number of hydrogen-bond acceptors (Lipinski definition) is 2. The number of methoxy groups -OCH3 is 1. The Hall–Kier alpha value is -1.18. The molecule has 0 atom stereocenters. The average molecular weight is 191 g/mol. The van der Waals surface area contributed by atoms with Gasteiger partial charge >= 0.3 is 0 Å². The van der Waals surface area contributed by atoms with E-state index in [0.29, 0.717) is 0 Å². The van der Waals surface area contributed by atoms with Crippen molar-refractivity contribution < 1.29 is 4.74 Å². The molecule has 0 unspecified atom stereocenters. The maximum atomic E-state index is 5.41. The Morgan fingerprint density at radius 2 is 2.14 bits per heavy atom. The predicted octanol–water partition coefficient (Wildman–Crippen LogP) is 2.79. The van der Waals surface area contributed by atoms with E-state index in [2.05, 4.69) is 25.2 Å². The molecule has 0 saturated heterocycles. The molecule has 1 aliphatic rings. The van der Waals surface area contributed by atoms with Gasteiger partial charge in [0.15, 0.2) is 0 Å². The summed E-state index contributed by atoms with van der Waals surface area (Å²) in [5, 5.41) is 3.41. The minimum Gasteiger partial charge on any atom is -0.496 e. The van der Waals surface area contributed by atoms with Gasteiger partial charge in [-0.3, -0.25) is 0 Å². The molecule has 0 radical (unpaired) electrons. The monoisotopic (exact) mass is 191 g/mol. The van der Waals surface area contributed by atoms with E-state index < -0.39 is 0 Å². The highest BCUT2D eigenvalue weighted by atomic mass is 16.5. The summed E-state index contributed by atoms with van der Waals surface area (Å²) < 4.78 is 5.41. The Morgan fingerprint density at radius 3 is 2.86 bits per heavy atom. The third-order valence-corrected chi connectivity index (χ3v) is 2.99. The number of fused-ring (bicyclic) bond motifs is 1. The molecule has 1 N–H and O–H groups in total. The topological polar surface area (TPSA) is 21.3 Å². The second-order valence-corrected chi connectivity index (χ2v) is 4.44. The second-order valence-electron chi connectivity index (χ2n) is 4.44. The number of ether oxygens (including phenoxy) is 1. The molecule has 1 aromatic rings. The summed E-state index contributed by atoms with van der Waals surface area (Å²) in [6, 6.07) is 6.19. The van der Waals surface area contributed by atoms with E-state index in [1.807, 2.05) is 12.1 Å². The summed E-state index contributed by atoms with van der Waals surface area (Å²) >= 11 is 0. The first-order chi connectivity index (χ1) is 6.65. The van der Waals surface area contributed by atoms with Gasteiger partial charge in [-0.2, -0.15) is 0 Å². The molecule has 0 spiro atoms. The Morgan fingerprint density at radius 1 is 1.36 bits per heavy atom. The van der Waals surface area contributed by atoms with Crippen molar-refractivity contribution in [1.82, 2.24) is 0 Å². The molecule has 0 amide bonds. The van der Waals surface area contributed by atoms with Crippen LogP contribution in [-0.2, 0) is 5.41 Å². The molecule has 2 nitrogen and oxygen atoms in total. The highest BCUT2D eigenvalue weighted by Crippen LogP contribution is 2.42. The van der Waals surface area contributed by atoms with Crippen molar-refractivity contribution in [3.63, 3.8) is 0 Å². The van der Waals surface area contributed by atoms with E-state index in [1.165, 1.54) is 11.3 Å². The van der Waals surface area contributed by atoms with Gasteiger partial charge in [-0.15, -0.1) is 0 Å². The van der Waals surface area contributed by atoms with Crippen LogP contribution >= 0.6 is 0 Å². The van der Waals surface area contributed by atoms with Crippen LogP contribution in [0.3, 0.4) is 0 Å². The van der Waals surface area contributed by atoms with Gasteiger partial charge in [0.05, 0.1) is 7.11 Å². The van der Waals surface area contributed by atoms with Crippen molar-refractivity contribution in [2.24, 2.45) is 0 Å². The van der Waals surface area contributed by atoms with Crippen LogP contribution < -0.4 is 10.1 Å². The number of rotatable bonds is 1. The van der Waals surface area contributed by atoms with Crippen LogP contribution in [0.15, 0.2) is 18.2 Å². The molecule has 0 saturated carbocycles. The van der Waals surface area contributed by atoms with Gasteiger partial charge in [-0.1, -0.05) is 19.9 Å². The molecule has 2 rings (SSSR count). The number of anilines is 1. The molecule has 1 aliphatic heterocycles. The maximum Gasteiger partial charge on any atom is 0.124 e. The highest BCUT2D eigenvalue weighted by molar-refractivity contribution is 5.62. The largest absolute Gasteiger partial charge is 0.496 e. The van der Waals surface area contributed by atoms with Gasteiger partial charge in [0, 0.05) is 17.8 Å². The molecule has 1 heterocycles. The predicted molar refractivity (Wildman–Crippen MR) is 59.1 cm³/mol. The Balaban J connectivity index is 2.58. The third-order valence-electron chi connectivity index (χ3n) is 2.99. The molecule has 0 bridgehead atoms. The van der Waals surface area contributed by atoms with Crippen molar-refractivity contribution in [2.75, 3.05) is 19.0 Å². The highest BCUT2D eigenvalue weighted by Gasteiger charge is 2.30. The maximum absolute atomic E-state index is 5.41. The van der Waals surface area contributed by atoms with E-state index in [0.717, 1.165) is 18.7 Å². The smallest absolute Gasteiger partial charge is 0.124 e. The van der Waals surface area contributed by atoms with E-state index in [1.54, 1.807) is 7.11 Å². The van der Waals surface area contributed by atoms with Crippen molar-refractivity contribution in [2.45, 2.75) is 25.7 Å². The van der Waals surface area contributed by atoms with Crippen LogP contribution in [0.4, 0.5) is 5.69 Å². The standard InChI is InChI=1S/C12H17NO/c1-12(2)7-8-13-9-5-4-6-10(14-3)11(9)12/h4-6,13H,7-8H2,1-3H3. The third kappa shape index (κ3) is 1.35. The first-order valence-corrected chi connectivity index (χ1v) is 5.06. The van der Waals surface area contributed by atoms with Gasteiger partial charge < -0.3 is 10.1 Å². The first-order valence-electron chi connectivity index (χ1n) is 5.06. The summed E-state index contributed by atoms with van der Waals surface area (Å²) in [7, 11) is 1.74. The SMILES string of the molecule is COc1cccc2c1C(C)(C)CCN2. The number of hydrogen-bond donors (Lipinski definition) is 1. The van der Waals surface area contributed by atoms with Gasteiger partial charge in [0.1, 0.15) is 5.75 Å². The number of benzene rings is 1. The molecular formula is C12H17NO. The second kappa shape index (κ2) is 3.19. The Bertz CT molecular complexity index is 330. The summed E-state index contributed by atoms with van der Waals surface area (Å²) in [4.78, 5) is 0. The van der Waals surface area contributed by atoms with Crippen LogP contribution in [0.5, 0.6) is 5.75 Å². The summed E-state index contributed by atoms with van der Waals surface area (Å²) in [6.07, 6.45) is 1.15. The van der Waals surface area contributed by atoms with Crippen molar-refractivity contribution in [1.29, 1.82) is 0 Å². The van der Waals surface area contributed by atoms with E-state index in [9.17, 15) is 0 Å². The Kier molecular flexibility index (Phi) is 2.14. The first kappa shape index (κ1) is 9.38. The van der Waals surface area contributed by atoms with Crippen LogP contribution in [0.25, 0.3) is 0 Å². The molecule has 14 heavy (non-hydrogen) atoms. The van der Waals surface area contributed by atoms with Crippen LogP contribution in [-0.4, -0.2) is 13.7 Å². The lowest BCUT2D eigenvalue weighted by Gasteiger charge is -2.34. The molecule has 2 heteroatoms. The fourth-order valence-electron chi connectivity index (χ4n) is 2.18. The average Bonchev–Trinajstić information content (AvgIpc) is 2.16. The van der Waals surface area contributed by atoms with Gasteiger partial charge in [-0.25, -0.2) is 0 Å². The lowest BCUT2D eigenvalue weighted by molar-refractivity contribution is 0.384. The zero-order valence-corrected chi connectivity index (χ0v) is 9.05. The minimum absolute atomic E-state index is 0.215. The van der Waals surface area contributed by atoms with Gasteiger partial charge in [-0.05, 0) is 24.0 Å². The summed E-state index contributed by atoms with van der Waals surface area (Å²) in [5.41, 5.74) is 2.75. The summed E-state index contributed by atoms with van der Waals surface area (Å²) in [5.74, 6) is 1.000. The van der Waals surface area contributed by atoms with E-state index in [-0.39, 0.29) is 5.41 Å². The zero-order chi connectivity index (χ0) is 10.2. The molecule has 0 aromatic heterocycles. The van der Waals surface area contributed by atoms with Gasteiger partial charge in [0.25, 0.3) is 0 Å². The molecular weight excluding hydrogens is 174 g/mol. The quantitative estimate of drug-likeness (QED) is 0.737.